The van der Waals surface area contributed by atoms with Crippen LogP contribution in [0.2, 0.25) is 5.02 Å². The van der Waals surface area contributed by atoms with E-state index in [1.54, 1.807) is 6.08 Å². The van der Waals surface area contributed by atoms with Gasteiger partial charge in [-0.05, 0) is 64.7 Å². The van der Waals surface area contributed by atoms with Gasteiger partial charge in [0.25, 0.3) is 0 Å². The lowest BCUT2D eigenvalue weighted by atomic mass is 10.0. The van der Waals surface area contributed by atoms with Crippen molar-refractivity contribution in [2.75, 3.05) is 24.3 Å². The summed E-state index contributed by atoms with van der Waals surface area (Å²) in [6.07, 6.45) is 4.88. The van der Waals surface area contributed by atoms with E-state index in [1.807, 2.05) is 61.5 Å². The molecule has 0 unspecified atom stereocenters. The Morgan fingerprint density at radius 3 is 2.52 bits per heavy atom. The highest BCUT2D eigenvalue weighted by Crippen LogP contribution is 2.30. The lowest BCUT2D eigenvalue weighted by molar-refractivity contribution is -0.104. The van der Waals surface area contributed by atoms with Crippen molar-refractivity contribution in [1.29, 1.82) is 5.41 Å². The van der Waals surface area contributed by atoms with E-state index in [2.05, 4.69) is 5.32 Å². The first-order chi connectivity index (χ1) is 14.9. The Balaban J connectivity index is 1.84. The highest BCUT2D eigenvalue weighted by atomic mass is 35.5. The molecule has 0 bridgehead atoms. The smallest absolute Gasteiger partial charge is 0.142 e. The van der Waals surface area contributed by atoms with Crippen molar-refractivity contribution in [3.8, 4) is 11.1 Å². The Hall–Kier alpha value is -3.44. The van der Waals surface area contributed by atoms with Crippen LogP contribution in [0, 0.1) is 11.2 Å². The van der Waals surface area contributed by atoms with Gasteiger partial charge in [0.1, 0.15) is 12.1 Å². The van der Waals surface area contributed by atoms with Gasteiger partial charge in [-0.3, -0.25) is 4.79 Å². The average Bonchev–Trinajstić information content (AvgIpc) is 2.78. The molecular weight excluding hydrogens is 413 g/mol. The maximum absolute atomic E-state index is 14.0. The van der Waals surface area contributed by atoms with Gasteiger partial charge in [0.05, 0.1) is 0 Å². The van der Waals surface area contributed by atoms with E-state index in [0.717, 1.165) is 27.9 Å². The molecule has 0 saturated carbocycles. The Kier molecular flexibility index (Phi) is 7.21. The summed E-state index contributed by atoms with van der Waals surface area (Å²) < 4.78 is 14.0. The number of nitrogens with one attached hydrogen (secondary N) is 2. The van der Waals surface area contributed by atoms with Crippen molar-refractivity contribution < 1.29 is 9.18 Å². The highest BCUT2D eigenvalue weighted by molar-refractivity contribution is 6.31. The van der Waals surface area contributed by atoms with E-state index in [-0.39, 0.29) is 5.82 Å². The number of carbonyl (C=O) groups excluding carboxylic acids is 1. The molecule has 0 aliphatic heterocycles. The van der Waals surface area contributed by atoms with Crippen LogP contribution in [0.4, 0.5) is 15.8 Å². The molecule has 0 radical (unpaired) electrons. The fourth-order valence-corrected chi connectivity index (χ4v) is 3.59. The Morgan fingerprint density at radius 2 is 1.84 bits per heavy atom. The van der Waals surface area contributed by atoms with Gasteiger partial charge in [-0.1, -0.05) is 35.9 Å². The molecule has 0 spiro atoms. The first-order valence-corrected chi connectivity index (χ1v) is 10.1. The molecule has 2 N–H and O–H groups in total. The predicted molar refractivity (Wildman–Crippen MR) is 128 cm³/mol. The van der Waals surface area contributed by atoms with Gasteiger partial charge in [-0.2, -0.15) is 0 Å². The topological polar surface area (TPSA) is 56.2 Å². The summed E-state index contributed by atoms with van der Waals surface area (Å²) in [5.41, 5.74) is 5.81. The zero-order valence-electron chi connectivity index (χ0n) is 17.3. The Morgan fingerprint density at radius 1 is 1.10 bits per heavy atom. The minimum Gasteiger partial charge on any atom is -0.388 e. The minimum absolute atomic E-state index is 0.372. The molecule has 0 atom stereocenters. The molecule has 6 heteroatoms. The number of aldehydes is 1. The molecule has 3 aromatic rings. The highest BCUT2D eigenvalue weighted by Gasteiger charge is 2.10. The van der Waals surface area contributed by atoms with Gasteiger partial charge in [-0.25, -0.2) is 4.39 Å². The lowest BCUT2D eigenvalue weighted by Crippen LogP contribution is -2.17. The summed E-state index contributed by atoms with van der Waals surface area (Å²) in [6, 6.07) is 16.3. The van der Waals surface area contributed by atoms with Gasteiger partial charge < -0.3 is 15.6 Å². The summed E-state index contributed by atoms with van der Waals surface area (Å²) in [4.78, 5) is 12.4. The lowest BCUT2D eigenvalue weighted by Gasteiger charge is -2.21. The normalized spacial score (nSPS) is 10.8. The number of rotatable bonds is 8. The predicted octanol–water partition coefficient (Wildman–Crippen LogP) is 6.03. The largest absolute Gasteiger partial charge is 0.388 e. The van der Waals surface area contributed by atoms with E-state index in [0.29, 0.717) is 29.1 Å². The summed E-state index contributed by atoms with van der Waals surface area (Å²) in [5.74, 6) is -0.372. The molecule has 4 nitrogen and oxygen atoms in total. The number of hydrogen-bond acceptors (Lipinski definition) is 4. The van der Waals surface area contributed by atoms with E-state index in [4.69, 9.17) is 17.0 Å². The first kappa shape index (κ1) is 22.2. The zero-order chi connectivity index (χ0) is 22.4. The number of allylic oxidation sites excluding steroid dienone is 1. The molecule has 0 fully saturated rings. The zero-order valence-corrected chi connectivity index (χ0v) is 18.1. The Labute approximate surface area is 186 Å². The van der Waals surface area contributed by atoms with Crippen molar-refractivity contribution in [3.63, 3.8) is 0 Å². The molecular formula is C25H23ClFN3O. The number of carbonyl (C=O) groups is 1. The van der Waals surface area contributed by atoms with Crippen LogP contribution < -0.4 is 10.2 Å². The van der Waals surface area contributed by atoms with Gasteiger partial charge in [-0.15, -0.1) is 0 Å². The minimum atomic E-state index is -0.372. The van der Waals surface area contributed by atoms with Gasteiger partial charge >= 0.3 is 0 Å². The van der Waals surface area contributed by atoms with Crippen LogP contribution in [0.25, 0.3) is 17.2 Å². The molecule has 0 aromatic heterocycles. The molecule has 3 rings (SSSR count). The summed E-state index contributed by atoms with van der Waals surface area (Å²) in [7, 11) is 3.68. The van der Waals surface area contributed by atoms with Crippen LogP contribution in [-0.4, -0.2) is 26.6 Å². The van der Waals surface area contributed by atoms with Crippen LogP contribution in [0.1, 0.15) is 16.7 Å². The standard InChI is InChI=1S/C25H23ClFN3O/c1-29-25-8-7-18(12-21(25)15-28)19-5-6-20(24(26)13-19)16-30(2)23-11-17(4-3-9-31)10-22(27)14-23/h3-15,28-29H,16H2,1-2H3/b4-3+,28-15?. The average molecular weight is 436 g/mol. The Bertz CT molecular complexity index is 1140. The van der Waals surface area contributed by atoms with Crippen molar-refractivity contribution in [2.45, 2.75) is 6.54 Å². The summed E-state index contributed by atoms with van der Waals surface area (Å²) in [5, 5.41) is 11.3. The summed E-state index contributed by atoms with van der Waals surface area (Å²) >= 11 is 6.57. The number of benzene rings is 3. The van der Waals surface area contributed by atoms with Gasteiger partial charge in [0.15, 0.2) is 0 Å². The maximum Gasteiger partial charge on any atom is 0.142 e. The first-order valence-electron chi connectivity index (χ1n) is 9.70. The molecule has 0 aliphatic carbocycles. The van der Waals surface area contributed by atoms with Crippen LogP contribution in [0.15, 0.2) is 60.7 Å². The molecule has 31 heavy (non-hydrogen) atoms. The molecule has 158 valence electrons. The molecule has 3 aromatic carbocycles. The van der Waals surface area contributed by atoms with E-state index in [9.17, 15) is 9.18 Å². The monoisotopic (exact) mass is 435 g/mol. The van der Waals surface area contributed by atoms with Crippen molar-refractivity contribution in [3.05, 3.63) is 88.2 Å². The maximum atomic E-state index is 14.0. The van der Waals surface area contributed by atoms with Gasteiger partial charge in [0.2, 0.25) is 0 Å². The third kappa shape index (κ3) is 5.38. The SMILES string of the molecule is CNc1ccc(-c2ccc(CN(C)c3cc(F)cc(/C=C/C=O)c3)c(Cl)c2)cc1C=N. The van der Waals surface area contributed by atoms with Crippen LogP contribution >= 0.6 is 11.6 Å². The van der Waals surface area contributed by atoms with Crippen LogP contribution in [-0.2, 0) is 11.3 Å². The third-order valence-electron chi connectivity index (χ3n) is 4.98. The number of hydrogen-bond donors (Lipinski definition) is 2. The van der Waals surface area contributed by atoms with Crippen molar-refractivity contribution >= 4 is 41.6 Å². The van der Waals surface area contributed by atoms with Crippen LogP contribution in [0.3, 0.4) is 0 Å². The van der Waals surface area contributed by atoms with Gasteiger partial charge in [0, 0.05) is 48.8 Å². The molecule has 0 aliphatic rings. The fraction of sp³-hybridized carbons (Fsp3) is 0.120. The van der Waals surface area contributed by atoms with E-state index in [1.165, 1.54) is 24.4 Å². The third-order valence-corrected chi connectivity index (χ3v) is 5.34. The summed E-state index contributed by atoms with van der Waals surface area (Å²) in [6.45, 7) is 0.490. The number of anilines is 2. The second kappa shape index (κ2) is 10.0. The van der Waals surface area contributed by atoms with Crippen molar-refractivity contribution in [1.82, 2.24) is 0 Å². The fourth-order valence-electron chi connectivity index (χ4n) is 3.35. The van der Waals surface area contributed by atoms with Crippen molar-refractivity contribution in [2.24, 2.45) is 0 Å². The molecule has 0 heterocycles. The quantitative estimate of drug-likeness (QED) is 0.258. The second-order valence-electron chi connectivity index (χ2n) is 7.10. The van der Waals surface area contributed by atoms with E-state index < -0.39 is 0 Å². The second-order valence-corrected chi connectivity index (χ2v) is 7.50. The van der Waals surface area contributed by atoms with E-state index >= 15 is 0 Å². The number of nitrogens with zero attached hydrogens (tertiary/aromatic N) is 1. The molecule has 0 saturated heterocycles. The number of halogens is 2. The van der Waals surface area contributed by atoms with Crippen LogP contribution in [0.5, 0.6) is 0 Å². The molecule has 0 amide bonds.